The second-order valence-corrected chi connectivity index (χ2v) is 7.36. The second-order valence-electron chi connectivity index (χ2n) is 7.36. The number of aromatic hydroxyl groups is 1. The van der Waals surface area contributed by atoms with Gasteiger partial charge in [0.1, 0.15) is 0 Å². The lowest BCUT2D eigenvalue weighted by atomic mass is 9.75. The van der Waals surface area contributed by atoms with Gasteiger partial charge in [0.15, 0.2) is 23.0 Å². The molecular formula is C20H16F3NO6. The molecule has 30 heavy (non-hydrogen) atoms. The molecule has 3 aliphatic rings. The van der Waals surface area contributed by atoms with Crippen LogP contribution in [0, 0.1) is 0 Å². The average molecular weight is 423 g/mol. The van der Waals surface area contributed by atoms with Crippen molar-refractivity contribution in [3.8, 4) is 34.1 Å². The molecule has 2 aromatic rings. The second kappa shape index (κ2) is 6.18. The quantitative estimate of drug-likeness (QED) is 0.734. The molecule has 2 aliphatic heterocycles. The maximum Gasteiger partial charge on any atom is 0.471 e. The average Bonchev–Trinajstić information content (AvgIpc) is 3.15. The van der Waals surface area contributed by atoms with E-state index in [1.165, 1.54) is 13.2 Å². The molecule has 0 radical (unpaired) electrons. The van der Waals surface area contributed by atoms with Crippen molar-refractivity contribution < 1.29 is 42.4 Å². The number of benzene rings is 2. The van der Waals surface area contributed by atoms with Crippen LogP contribution in [0.3, 0.4) is 0 Å². The number of amides is 1. The summed E-state index contributed by atoms with van der Waals surface area (Å²) in [5.41, 5.74) is 1.92. The number of carbonyl (C=O) groups excluding carboxylic acids is 1. The zero-order chi connectivity index (χ0) is 21.4. The number of phenols is 1. The molecule has 2 aromatic carbocycles. The van der Waals surface area contributed by atoms with Crippen LogP contribution in [0.2, 0.25) is 0 Å². The first kappa shape index (κ1) is 18.9. The van der Waals surface area contributed by atoms with Crippen molar-refractivity contribution in [2.45, 2.75) is 24.7 Å². The Balaban J connectivity index is 1.78. The predicted molar refractivity (Wildman–Crippen MR) is 95.4 cm³/mol. The lowest BCUT2D eigenvalue weighted by Gasteiger charge is -2.43. The monoisotopic (exact) mass is 423 g/mol. The van der Waals surface area contributed by atoms with E-state index < -0.39 is 30.8 Å². The Morgan fingerprint density at radius 3 is 2.60 bits per heavy atom. The standard InChI is InChI=1S/C20H16F3NO6/c1-28-15-5-10-12(25)6-24(19(27)20(21,22)23)11-2-8-3-13-14(30-7-29-13)4-9(8)17(16(10)11)18(15)26/h3-5,11-12,25-26H,2,6-7H2,1H3/t11?,12-/m1/s1. The number of β-amino-alcohol motifs (C(OH)–C–C–N with tert-alkyl or cyclic N) is 1. The fourth-order valence-electron chi connectivity index (χ4n) is 4.51. The number of rotatable bonds is 1. The van der Waals surface area contributed by atoms with Gasteiger partial charge in [-0.2, -0.15) is 13.2 Å². The minimum absolute atomic E-state index is 0.00124. The van der Waals surface area contributed by atoms with Crippen molar-refractivity contribution in [2.75, 3.05) is 20.4 Å². The number of hydrogen-bond acceptors (Lipinski definition) is 6. The Kier molecular flexibility index (Phi) is 3.88. The first-order valence-electron chi connectivity index (χ1n) is 9.13. The van der Waals surface area contributed by atoms with E-state index in [0.717, 1.165) is 0 Å². The van der Waals surface area contributed by atoms with Gasteiger partial charge in [-0.3, -0.25) is 4.79 Å². The van der Waals surface area contributed by atoms with Gasteiger partial charge in [-0.05, 0) is 46.9 Å². The Labute approximate surface area is 168 Å². The summed E-state index contributed by atoms with van der Waals surface area (Å²) in [4.78, 5) is 12.8. The van der Waals surface area contributed by atoms with Crippen molar-refractivity contribution in [3.05, 3.63) is 34.9 Å². The molecule has 10 heteroatoms. The van der Waals surface area contributed by atoms with Gasteiger partial charge in [0.05, 0.1) is 25.8 Å². The lowest BCUT2D eigenvalue weighted by Crippen LogP contribution is -2.49. The third-order valence-electron chi connectivity index (χ3n) is 5.78. The van der Waals surface area contributed by atoms with Crippen molar-refractivity contribution >= 4 is 5.91 Å². The lowest BCUT2D eigenvalue weighted by molar-refractivity contribution is -0.190. The summed E-state index contributed by atoms with van der Waals surface area (Å²) in [6, 6.07) is 3.66. The highest BCUT2D eigenvalue weighted by atomic mass is 19.4. The number of alkyl halides is 3. The van der Waals surface area contributed by atoms with Crippen LogP contribution in [0.4, 0.5) is 13.2 Å². The number of nitrogens with zero attached hydrogens (tertiary/aromatic N) is 1. The molecule has 1 aliphatic carbocycles. The molecular weight excluding hydrogens is 407 g/mol. The molecule has 2 N–H and O–H groups in total. The molecule has 0 fully saturated rings. The molecule has 0 spiro atoms. The zero-order valence-corrected chi connectivity index (χ0v) is 15.6. The summed E-state index contributed by atoms with van der Waals surface area (Å²) in [5.74, 6) is -1.38. The summed E-state index contributed by atoms with van der Waals surface area (Å²) < 4.78 is 55.8. The van der Waals surface area contributed by atoms with Gasteiger partial charge < -0.3 is 29.3 Å². The van der Waals surface area contributed by atoms with Crippen LogP contribution in [0.25, 0.3) is 11.1 Å². The van der Waals surface area contributed by atoms with Crippen LogP contribution < -0.4 is 14.2 Å². The topological polar surface area (TPSA) is 88.5 Å². The number of ether oxygens (including phenoxy) is 3. The fourth-order valence-corrected chi connectivity index (χ4v) is 4.51. The number of methoxy groups -OCH3 is 1. The maximum absolute atomic E-state index is 13.3. The molecule has 0 aromatic heterocycles. The molecule has 1 unspecified atom stereocenters. The van der Waals surface area contributed by atoms with Gasteiger partial charge in [-0.15, -0.1) is 0 Å². The van der Waals surface area contributed by atoms with Gasteiger partial charge in [-0.25, -0.2) is 0 Å². The number of phenolic OH excluding ortho intramolecular Hbond substituents is 1. The summed E-state index contributed by atoms with van der Waals surface area (Å²) in [5, 5.41) is 21.4. The highest BCUT2D eigenvalue weighted by Crippen LogP contribution is 2.55. The van der Waals surface area contributed by atoms with Crippen LogP contribution in [-0.2, 0) is 11.2 Å². The SMILES string of the molecule is COc1cc2c3c(c1O)-c1cc4c(cc1CC3N(C(=O)C(F)(F)F)C[C@H]2O)OCO4. The molecule has 5 rings (SSSR count). The van der Waals surface area contributed by atoms with E-state index in [1.807, 2.05) is 0 Å². The van der Waals surface area contributed by atoms with Gasteiger partial charge in [-0.1, -0.05) is 0 Å². The number of hydrogen-bond donors (Lipinski definition) is 2. The number of carbonyl (C=O) groups is 1. The fraction of sp³-hybridized carbons (Fsp3) is 0.350. The molecule has 2 heterocycles. The number of fused-ring (bicyclic) bond motifs is 3. The minimum atomic E-state index is -5.10. The van der Waals surface area contributed by atoms with Gasteiger partial charge >= 0.3 is 12.1 Å². The van der Waals surface area contributed by atoms with E-state index in [1.54, 1.807) is 12.1 Å². The van der Waals surface area contributed by atoms with E-state index in [9.17, 15) is 28.2 Å². The van der Waals surface area contributed by atoms with E-state index in [-0.39, 0.29) is 35.8 Å². The normalized spacial score (nSPS) is 21.2. The van der Waals surface area contributed by atoms with Crippen molar-refractivity contribution in [1.29, 1.82) is 0 Å². The molecule has 7 nitrogen and oxygen atoms in total. The summed E-state index contributed by atoms with van der Waals surface area (Å²) in [7, 11) is 1.34. The van der Waals surface area contributed by atoms with Crippen molar-refractivity contribution in [3.63, 3.8) is 0 Å². The van der Waals surface area contributed by atoms with Crippen LogP contribution >= 0.6 is 0 Å². The Morgan fingerprint density at radius 1 is 1.23 bits per heavy atom. The van der Waals surface area contributed by atoms with Crippen LogP contribution in [0.1, 0.15) is 28.8 Å². The van der Waals surface area contributed by atoms with Crippen LogP contribution in [-0.4, -0.2) is 47.6 Å². The molecule has 0 saturated carbocycles. The van der Waals surface area contributed by atoms with E-state index in [4.69, 9.17) is 14.2 Å². The van der Waals surface area contributed by atoms with Crippen molar-refractivity contribution in [1.82, 2.24) is 4.90 Å². The van der Waals surface area contributed by atoms with Gasteiger partial charge in [0.25, 0.3) is 0 Å². The molecule has 0 saturated heterocycles. The van der Waals surface area contributed by atoms with Crippen LogP contribution in [0.15, 0.2) is 18.2 Å². The maximum atomic E-state index is 13.3. The highest BCUT2D eigenvalue weighted by molar-refractivity contribution is 5.88. The summed E-state index contributed by atoms with van der Waals surface area (Å²) in [6.07, 6.45) is -6.40. The summed E-state index contributed by atoms with van der Waals surface area (Å²) in [6.45, 7) is -0.523. The first-order chi connectivity index (χ1) is 14.2. The molecule has 0 bridgehead atoms. The number of aliphatic hydroxyl groups excluding tert-OH is 1. The molecule has 158 valence electrons. The van der Waals surface area contributed by atoms with E-state index in [2.05, 4.69) is 0 Å². The minimum Gasteiger partial charge on any atom is -0.504 e. The van der Waals surface area contributed by atoms with Gasteiger partial charge in [0, 0.05) is 5.56 Å². The molecule has 2 atom stereocenters. The predicted octanol–water partition coefficient (Wildman–Crippen LogP) is 2.83. The van der Waals surface area contributed by atoms with Crippen molar-refractivity contribution in [2.24, 2.45) is 0 Å². The molecule has 1 amide bonds. The van der Waals surface area contributed by atoms with E-state index in [0.29, 0.717) is 33.1 Å². The zero-order valence-electron chi connectivity index (χ0n) is 15.6. The van der Waals surface area contributed by atoms with Gasteiger partial charge in [0.2, 0.25) is 6.79 Å². The number of halogens is 3. The number of aliphatic hydroxyl groups is 1. The smallest absolute Gasteiger partial charge is 0.471 e. The van der Waals surface area contributed by atoms with E-state index >= 15 is 0 Å². The Hall–Kier alpha value is -3.14. The largest absolute Gasteiger partial charge is 0.504 e. The third-order valence-corrected chi connectivity index (χ3v) is 5.78. The van der Waals surface area contributed by atoms with Crippen LogP contribution in [0.5, 0.6) is 23.0 Å². The summed E-state index contributed by atoms with van der Waals surface area (Å²) >= 11 is 0. The highest BCUT2D eigenvalue weighted by Gasteiger charge is 2.50. The Bertz CT molecular complexity index is 1080. The third kappa shape index (κ3) is 2.53. The first-order valence-corrected chi connectivity index (χ1v) is 9.13. The Morgan fingerprint density at radius 2 is 1.93 bits per heavy atom.